The van der Waals surface area contributed by atoms with Gasteiger partial charge in [0.05, 0.1) is 17.5 Å². The first-order chi connectivity index (χ1) is 8.92. The second kappa shape index (κ2) is 5.63. The molecule has 0 aromatic heterocycles. The molecule has 1 amide bonds. The van der Waals surface area contributed by atoms with Gasteiger partial charge in [-0.25, -0.2) is 0 Å². The maximum atomic E-state index is 12.2. The monoisotopic (exact) mass is 389 g/mol. The highest BCUT2D eigenvalue weighted by molar-refractivity contribution is 9.11. The largest absolute Gasteiger partial charge is 0.481 e. The Bertz CT molecular complexity index is 527. The van der Waals surface area contributed by atoms with E-state index in [-0.39, 0.29) is 12.3 Å². The molecule has 0 atom stereocenters. The van der Waals surface area contributed by atoms with Gasteiger partial charge in [-0.05, 0) is 53.4 Å². The van der Waals surface area contributed by atoms with E-state index in [1.54, 1.807) is 18.2 Å². The van der Waals surface area contributed by atoms with Crippen molar-refractivity contribution in [1.82, 2.24) is 5.32 Å². The van der Waals surface area contributed by atoms with Crippen molar-refractivity contribution in [3.63, 3.8) is 0 Å². The van der Waals surface area contributed by atoms with Crippen molar-refractivity contribution in [2.24, 2.45) is 0 Å². The quantitative estimate of drug-likeness (QED) is 0.828. The highest BCUT2D eigenvalue weighted by atomic mass is 79.9. The summed E-state index contributed by atoms with van der Waals surface area (Å²) in [5, 5.41) is 11.8. The molecule has 1 aliphatic carbocycles. The Morgan fingerprint density at radius 2 is 2.00 bits per heavy atom. The Morgan fingerprint density at radius 3 is 2.47 bits per heavy atom. The predicted molar refractivity (Wildman–Crippen MR) is 78.1 cm³/mol. The lowest BCUT2D eigenvalue weighted by Gasteiger charge is -2.41. The van der Waals surface area contributed by atoms with E-state index in [1.807, 2.05) is 0 Å². The average molecular weight is 391 g/mol. The van der Waals surface area contributed by atoms with Gasteiger partial charge in [-0.15, -0.1) is 0 Å². The smallest absolute Gasteiger partial charge is 0.305 e. The first-order valence-corrected chi connectivity index (χ1v) is 7.50. The molecule has 0 saturated heterocycles. The summed E-state index contributed by atoms with van der Waals surface area (Å²) in [7, 11) is 0. The molecule has 1 aromatic rings. The molecule has 1 saturated carbocycles. The average Bonchev–Trinajstić information content (AvgIpc) is 2.25. The van der Waals surface area contributed by atoms with Gasteiger partial charge in [0.1, 0.15) is 0 Å². The lowest BCUT2D eigenvalue weighted by molar-refractivity contribution is -0.139. The van der Waals surface area contributed by atoms with Crippen molar-refractivity contribution in [3.8, 4) is 0 Å². The molecule has 0 heterocycles. The molecule has 0 bridgehead atoms. The van der Waals surface area contributed by atoms with E-state index < -0.39 is 11.5 Å². The zero-order valence-corrected chi connectivity index (χ0v) is 13.3. The van der Waals surface area contributed by atoms with Crippen molar-refractivity contribution < 1.29 is 14.7 Å². The Kier molecular flexibility index (Phi) is 4.30. The predicted octanol–water partition coefficient (Wildman–Crippen LogP) is 3.34. The molecule has 0 aliphatic heterocycles. The fourth-order valence-corrected chi connectivity index (χ4v) is 3.45. The molecule has 6 heteroatoms. The number of carboxylic acid groups (broad SMARTS) is 1. The fraction of sp³-hybridized carbons (Fsp3) is 0.385. The Balaban J connectivity index is 2.13. The highest BCUT2D eigenvalue weighted by Gasteiger charge is 2.40. The fourth-order valence-electron chi connectivity index (χ4n) is 2.22. The number of rotatable bonds is 4. The van der Waals surface area contributed by atoms with Crippen LogP contribution in [0.25, 0.3) is 0 Å². The van der Waals surface area contributed by atoms with E-state index >= 15 is 0 Å². The molecule has 2 rings (SSSR count). The number of nitrogens with one attached hydrogen (secondary N) is 1. The van der Waals surface area contributed by atoms with Crippen LogP contribution in [0.4, 0.5) is 0 Å². The minimum absolute atomic E-state index is 0.0209. The van der Waals surface area contributed by atoms with Crippen molar-refractivity contribution >= 4 is 43.7 Å². The van der Waals surface area contributed by atoms with Crippen LogP contribution in [0.2, 0.25) is 0 Å². The third kappa shape index (κ3) is 3.36. The molecular formula is C13H13Br2NO3. The van der Waals surface area contributed by atoms with Crippen LogP contribution < -0.4 is 5.32 Å². The molecule has 1 aliphatic rings. The van der Waals surface area contributed by atoms with Crippen LogP contribution >= 0.6 is 31.9 Å². The molecular weight excluding hydrogens is 378 g/mol. The summed E-state index contributed by atoms with van der Waals surface area (Å²) in [6, 6.07) is 5.28. The van der Waals surface area contributed by atoms with Crippen LogP contribution in [0.3, 0.4) is 0 Å². The zero-order chi connectivity index (χ0) is 14.0. The van der Waals surface area contributed by atoms with E-state index in [1.165, 1.54) is 0 Å². The summed E-state index contributed by atoms with van der Waals surface area (Å²) in [5.41, 5.74) is -0.0602. The number of aliphatic carboxylic acids is 1. The highest BCUT2D eigenvalue weighted by Crippen LogP contribution is 2.35. The number of hydrogen-bond acceptors (Lipinski definition) is 2. The summed E-state index contributed by atoms with van der Waals surface area (Å²) >= 11 is 6.66. The van der Waals surface area contributed by atoms with Gasteiger partial charge in [-0.3, -0.25) is 9.59 Å². The third-order valence-corrected chi connectivity index (χ3v) is 4.50. The van der Waals surface area contributed by atoms with Gasteiger partial charge < -0.3 is 10.4 Å². The number of hydrogen-bond donors (Lipinski definition) is 2. The van der Waals surface area contributed by atoms with E-state index in [4.69, 9.17) is 5.11 Å². The van der Waals surface area contributed by atoms with Gasteiger partial charge in [0.2, 0.25) is 0 Å². The van der Waals surface area contributed by atoms with E-state index in [0.717, 1.165) is 23.7 Å². The third-order valence-electron chi connectivity index (χ3n) is 3.35. The number of benzene rings is 1. The minimum atomic E-state index is -0.880. The minimum Gasteiger partial charge on any atom is -0.481 e. The number of amides is 1. The summed E-state index contributed by atoms with van der Waals surface area (Å²) in [6.07, 6.45) is 2.38. The van der Waals surface area contributed by atoms with Crippen molar-refractivity contribution in [2.75, 3.05) is 0 Å². The van der Waals surface area contributed by atoms with Gasteiger partial charge >= 0.3 is 5.97 Å². The first kappa shape index (κ1) is 14.5. The summed E-state index contributed by atoms with van der Waals surface area (Å²) in [5.74, 6) is -1.12. The Hall–Kier alpha value is -0.880. The molecule has 4 nitrogen and oxygen atoms in total. The van der Waals surface area contributed by atoms with Gasteiger partial charge in [-0.1, -0.05) is 15.9 Å². The topological polar surface area (TPSA) is 66.4 Å². The normalized spacial score (nSPS) is 16.5. The molecule has 2 N–H and O–H groups in total. The second-order valence-corrected chi connectivity index (χ2v) is 6.55. The molecule has 0 unspecified atom stereocenters. The van der Waals surface area contributed by atoms with E-state index in [9.17, 15) is 9.59 Å². The van der Waals surface area contributed by atoms with Gasteiger partial charge in [0.15, 0.2) is 0 Å². The Morgan fingerprint density at radius 1 is 1.32 bits per heavy atom. The number of carbonyl (C=O) groups excluding carboxylic acids is 1. The van der Waals surface area contributed by atoms with Crippen LogP contribution in [-0.4, -0.2) is 22.5 Å². The van der Waals surface area contributed by atoms with Gasteiger partial charge in [0, 0.05) is 8.95 Å². The number of carboxylic acids is 1. The maximum absolute atomic E-state index is 12.2. The summed E-state index contributed by atoms with van der Waals surface area (Å²) < 4.78 is 1.56. The molecule has 0 spiro atoms. The lowest BCUT2D eigenvalue weighted by atomic mass is 9.74. The van der Waals surface area contributed by atoms with Crippen LogP contribution in [-0.2, 0) is 4.79 Å². The molecule has 1 aromatic carbocycles. The van der Waals surface area contributed by atoms with Crippen molar-refractivity contribution in [3.05, 3.63) is 32.7 Å². The Labute approximate surface area is 127 Å². The molecule has 19 heavy (non-hydrogen) atoms. The standard InChI is InChI=1S/C13H13Br2NO3/c14-8-2-3-9(10(15)6-8)12(19)16-13(4-1-5-13)7-11(17)18/h2-3,6H,1,4-5,7H2,(H,16,19)(H,17,18). The summed E-state index contributed by atoms with van der Waals surface area (Å²) in [4.78, 5) is 23.1. The lowest BCUT2D eigenvalue weighted by Crippen LogP contribution is -2.54. The first-order valence-electron chi connectivity index (χ1n) is 5.91. The zero-order valence-electron chi connectivity index (χ0n) is 10.1. The van der Waals surface area contributed by atoms with Gasteiger partial charge in [0.25, 0.3) is 5.91 Å². The van der Waals surface area contributed by atoms with Crippen LogP contribution in [0, 0.1) is 0 Å². The van der Waals surface area contributed by atoms with E-state index in [2.05, 4.69) is 37.2 Å². The second-order valence-electron chi connectivity index (χ2n) is 4.78. The van der Waals surface area contributed by atoms with Crippen LogP contribution in [0.5, 0.6) is 0 Å². The molecule has 1 fully saturated rings. The SMILES string of the molecule is O=C(O)CC1(NC(=O)c2ccc(Br)cc2Br)CCC1. The van der Waals surface area contributed by atoms with Crippen molar-refractivity contribution in [2.45, 2.75) is 31.2 Å². The van der Waals surface area contributed by atoms with E-state index in [0.29, 0.717) is 10.0 Å². The number of halogens is 2. The van der Waals surface area contributed by atoms with Crippen molar-refractivity contribution in [1.29, 1.82) is 0 Å². The molecule has 102 valence electrons. The maximum Gasteiger partial charge on any atom is 0.305 e. The van der Waals surface area contributed by atoms with Gasteiger partial charge in [-0.2, -0.15) is 0 Å². The molecule has 0 radical (unpaired) electrons. The number of carbonyl (C=O) groups is 2. The van der Waals surface area contributed by atoms with Crippen LogP contribution in [0.15, 0.2) is 27.1 Å². The van der Waals surface area contributed by atoms with Crippen LogP contribution in [0.1, 0.15) is 36.0 Å². The summed E-state index contributed by atoms with van der Waals surface area (Å²) in [6.45, 7) is 0.